The summed E-state index contributed by atoms with van der Waals surface area (Å²) in [6, 6.07) is 13.5. The van der Waals surface area contributed by atoms with Gasteiger partial charge in [-0.3, -0.25) is 9.59 Å². The second-order valence-electron chi connectivity index (χ2n) is 8.25. The fourth-order valence-electron chi connectivity index (χ4n) is 4.33. The molecule has 0 aliphatic carbocycles. The molecule has 4 heterocycles. The lowest BCUT2D eigenvalue weighted by molar-refractivity contribution is 0.0711. The molecule has 1 amide bonds. The van der Waals surface area contributed by atoms with Crippen LogP contribution in [0, 0.1) is 6.92 Å². The minimum Gasteiger partial charge on any atom is -0.339 e. The maximum atomic E-state index is 13.1. The monoisotopic (exact) mass is 428 g/mol. The molecular formula is C24H24N6O2. The first-order chi connectivity index (χ1) is 15.6. The third-order valence-electron chi connectivity index (χ3n) is 5.98. The van der Waals surface area contributed by atoms with Crippen LogP contribution in [0.1, 0.15) is 46.2 Å². The van der Waals surface area contributed by atoms with Gasteiger partial charge in [-0.2, -0.15) is 0 Å². The molecule has 8 heteroatoms. The number of aryl methyl sites for hydroxylation is 1. The topological polar surface area (TPSA) is 96.8 Å². The zero-order valence-electron chi connectivity index (χ0n) is 17.9. The zero-order valence-corrected chi connectivity index (χ0v) is 17.9. The fourth-order valence-corrected chi connectivity index (χ4v) is 4.33. The van der Waals surface area contributed by atoms with Gasteiger partial charge in [0.2, 0.25) is 0 Å². The third-order valence-corrected chi connectivity index (χ3v) is 5.98. The summed E-state index contributed by atoms with van der Waals surface area (Å²) in [7, 11) is 0. The number of H-pyrrole nitrogens is 1. The Morgan fingerprint density at radius 1 is 1.12 bits per heavy atom. The van der Waals surface area contributed by atoms with Gasteiger partial charge >= 0.3 is 0 Å². The zero-order chi connectivity index (χ0) is 22.1. The lowest BCUT2D eigenvalue weighted by atomic mass is 9.93. The summed E-state index contributed by atoms with van der Waals surface area (Å²) >= 11 is 0. The van der Waals surface area contributed by atoms with Crippen molar-refractivity contribution in [1.29, 1.82) is 0 Å². The van der Waals surface area contributed by atoms with Gasteiger partial charge < -0.3 is 14.5 Å². The summed E-state index contributed by atoms with van der Waals surface area (Å²) in [5.74, 6) is 0.775. The summed E-state index contributed by atoms with van der Waals surface area (Å²) in [5.41, 5.74) is 3.87. The second kappa shape index (κ2) is 8.37. The van der Waals surface area contributed by atoms with Crippen molar-refractivity contribution in [3.63, 3.8) is 0 Å². The van der Waals surface area contributed by atoms with Gasteiger partial charge in [-0.15, -0.1) is 0 Å². The van der Waals surface area contributed by atoms with E-state index in [0.29, 0.717) is 36.5 Å². The van der Waals surface area contributed by atoms with E-state index < -0.39 is 0 Å². The van der Waals surface area contributed by atoms with Gasteiger partial charge in [0, 0.05) is 31.3 Å². The van der Waals surface area contributed by atoms with Crippen molar-refractivity contribution >= 4 is 17.1 Å². The average molecular weight is 428 g/mol. The number of rotatable bonds is 4. The molecule has 1 aliphatic heterocycles. The van der Waals surface area contributed by atoms with E-state index in [4.69, 9.17) is 0 Å². The van der Waals surface area contributed by atoms with Crippen LogP contribution >= 0.6 is 0 Å². The number of nitrogens with one attached hydrogen (secondary N) is 1. The molecule has 1 fully saturated rings. The lowest BCUT2D eigenvalue weighted by Crippen LogP contribution is -2.38. The van der Waals surface area contributed by atoms with Crippen molar-refractivity contribution in [2.45, 2.75) is 32.2 Å². The number of fused-ring (bicyclic) bond motifs is 1. The van der Waals surface area contributed by atoms with Gasteiger partial charge in [0.15, 0.2) is 5.65 Å². The SMILES string of the molecule is Cc1nc(C2CCN(C(=O)c3cnc4c(c3)ncn4Cc3ccccc3)CC2)cc(=O)[nH]1. The molecule has 32 heavy (non-hydrogen) atoms. The van der Waals surface area contributed by atoms with Crippen molar-refractivity contribution in [1.82, 2.24) is 29.4 Å². The lowest BCUT2D eigenvalue weighted by Gasteiger charge is -2.31. The minimum absolute atomic E-state index is 0.0366. The van der Waals surface area contributed by atoms with Crippen molar-refractivity contribution in [2.75, 3.05) is 13.1 Å². The van der Waals surface area contributed by atoms with Crippen LogP contribution in [0.15, 0.2) is 59.8 Å². The van der Waals surface area contributed by atoms with Crippen LogP contribution in [-0.2, 0) is 6.54 Å². The molecule has 3 aromatic heterocycles. The molecular weight excluding hydrogens is 404 g/mol. The largest absolute Gasteiger partial charge is 0.339 e. The highest BCUT2D eigenvalue weighted by atomic mass is 16.2. The number of amides is 1. The van der Waals surface area contributed by atoms with E-state index in [1.807, 2.05) is 33.7 Å². The molecule has 0 saturated carbocycles. The number of aromatic amines is 1. The summed E-state index contributed by atoms with van der Waals surface area (Å²) < 4.78 is 1.99. The Hall–Kier alpha value is -3.81. The number of hydrogen-bond acceptors (Lipinski definition) is 5. The number of benzene rings is 1. The Morgan fingerprint density at radius 2 is 1.91 bits per heavy atom. The molecule has 0 radical (unpaired) electrons. The van der Waals surface area contributed by atoms with E-state index in [1.165, 1.54) is 5.56 Å². The second-order valence-corrected chi connectivity index (χ2v) is 8.25. The molecule has 1 N–H and O–H groups in total. The maximum Gasteiger partial charge on any atom is 0.255 e. The van der Waals surface area contributed by atoms with E-state index >= 15 is 0 Å². The molecule has 0 spiro atoms. The Kier molecular flexibility index (Phi) is 5.26. The van der Waals surface area contributed by atoms with Gasteiger partial charge in [0.05, 0.1) is 24.1 Å². The number of carbonyl (C=O) groups is 1. The Bertz CT molecular complexity index is 1320. The van der Waals surface area contributed by atoms with Gasteiger partial charge in [-0.25, -0.2) is 15.0 Å². The smallest absolute Gasteiger partial charge is 0.255 e. The van der Waals surface area contributed by atoms with E-state index in [1.54, 1.807) is 25.5 Å². The predicted molar refractivity (Wildman–Crippen MR) is 121 cm³/mol. The highest BCUT2D eigenvalue weighted by molar-refractivity contribution is 5.96. The number of likely N-dealkylation sites (tertiary alicyclic amines) is 1. The molecule has 1 saturated heterocycles. The molecule has 8 nitrogen and oxygen atoms in total. The molecule has 0 atom stereocenters. The first-order valence-corrected chi connectivity index (χ1v) is 10.8. The van der Waals surface area contributed by atoms with Crippen LogP contribution in [0.3, 0.4) is 0 Å². The predicted octanol–water partition coefficient (Wildman–Crippen LogP) is 2.89. The average Bonchev–Trinajstić information content (AvgIpc) is 3.20. The highest BCUT2D eigenvalue weighted by Gasteiger charge is 2.26. The minimum atomic E-state index is -0.128. The van der Waals surface area contributed by atoms with Crippen molar-refractivity contribution < 1.29 is 4.79 Å². The van der Waals surface area contributed by atoms with Crippen LogP contribution in [0.2, 0.25) is 0 Å². The van der Waals surface area contributed by atoms with E-state index in [2.05, 4.69) is 32.1 Å². The van der Waals surface area contributed by atoms with E-state index in [9.17, 15) is 9.59 Å². The Balaban J connectivity index is 1.28. The molecule has 0 bridgehead atoms. The first-order valence-electron chi connectivity index (χ1n) is 10.8. The number of imidazole rings is 1. The number of hydrogen-bond donors (Lipinski definition) is 1. The molecule has 1 aliphatic rings. The molecule has 5 rings (SSSR count). The van der Waals surface area contributed by atoms with Gasteiger partial charge in [-0.1, -0.05) is 30.3 Å². The van der Waals surface area contributed by atoms with Crippen LogP contribution in [0.5, 0.6) is 0 Å². The maximum absolute atomic E-state index is 13.1. The van der Waals surface area contributed by atoms with Gasteiger partial charge in [0.1, 0.15) is 11.3 Å². The van der Waals surface area contributed by atoms with Crippen LogP contribution in [0.4, 0.5) is 0 Å². The third kappa shape index (κ3) is 4.03. The normalized spacial score (nSPS) is 14.7. The van der Waals surface area contributed by atoms with Crippen molar-refractivity contribution in [3.8, 4) is 0 Å². The summed E-state index contributed by atoms with van der Waals surface area (Å²) in [5, 5.41) is 0. The number of carbonyl (C=O) groups excluding carboxylic acids is 1. The number of nitrogens with zero attached hydrogens (tertiary/aromatic N) is 5. The van der Waals surface area contributed by atoms with Crippen molar-refractivity contribution in [3.05, 3.63) is 88.0 Å². The molecule has 0 unspecified atom stereocenters. The summed E-state index contributed by atoms with van der Waals surface area (Å²) in [6.07, 6.45) is 4.97. The Labute approximate surface area is 185 Å². The molecule has 162 valence electrons. The van der Waals surface area contributed by atoms with Crippen molar-refractivity contribution in [2.24, 2.45) is 0 Å². The van der Waals surface area contributed by atoms with E-state index in [0.717, 1.165) is 24.2 Å². The Morgan fingerprint density at radius 3 is 2.66 bits per heavy atom. The quantitative estimate of drug-likeness (QED) is 0.539. The summed E-state index contributed by atoms with van der Waals surface area (Å²) in [4.78, 5) is 42.8. The fraction of sp³-hybridized carbons (Fsp3) is 0.292. The standard InChI is InChI=1S/C24H24N6O2/c1-16-27-20(12-22(31)28-16)18-7-9-29(10-8-18)24(32)19-11-21-23(25-13-19)30(15-26-21)14-17-5-3-2-4-6-17/h2-6,11-13,15,18H,7-10,14H2,1H3,(H,27,28,31). The first kappa shape index (κ1) is 20.1. The number of piperidine rings is 1. The highest BCUT2D eigenvalue weighted by Crippen LogP contribution is 2.27. The van der Waals surface area contributed by atoms with Gasteiger partial charge in [-0.05, 0) is 31.4 Å². The number of aromatic nitrogens is 5. The van der Waals surface area contributed by atoms with Crippen LogP contribution < -0.4 is 5.56 Å². The summed E-state index contributed by atoms with van der Waals surface area (Å²) in [6.45, 7) is 3.71. The van der Waals surface area contributed by atoms with Crippen LogP contribution in [0.25, 0.3) is 11.2 Å². The van der Waals surface area contributed by atoms with Crippen LogP contribution in [-0.4, -0.2) is 48.4 Å². The molecule has 4 aromatic rings. The van der Waals surface area contributed by atoms with Gasteiger partial charge in [0.25, 0.3) is 11.5 Å². The molecule has 1 aromatic carbocycles. The van der Waals surface area contributed by atoms with E-state index in [-0.39, 0.29) is 17.4 Å². The number of pyridine rings is 1.